The fourth-order valence-corrected chi connectivity index (χ4v) is 4.70. The van der Waals surface area contributed by atoms with Gasteiger partial charge in [-0.1, -0.05) is 36.4 Å². The van der Waals surface area contributed by atoms with Crippen molar-refractivity contribution < 1.29 is 9.59 Å². The molecule has 0 bridgehead atoms. The van der Waals surface area contributed by atoms with Gasteiger partial charge in [0, 0.05) is 43.8 Å². The molecule has 0 N–H and O–H groups in total. The molecule has 5 rings (SSSR count). The fourth-order valence-electron chi connectivity index (χ4n) is 4.70. The summed E-state index contributed by atoms with van der Waals surface area (Å²) in [7, 11) is 0. The Labute approximate surface area is 182 Å². The highest BCUT2D eigenvalue weighted by atomic mass is 16.2. The number of carbonyl (C=O) groups is 2. The van der Waals surface area contributed by atoms with Gasteiger partial charge in [-0.15, -0.1) is 0 Å². The van der Waals surface area contributed by atoms with E-state index in [1.807, 2.05) is 77.4 Å². The quantitative estimate of drug-likeness (QED) is 0.661. The van der Waals surface area contributed by atoms with Crippen LogP contribution in [0.25, 0.3) is 10.9 Å². The molecule has 2 aliphatic heterocycles. The molecular weight excluding hydrogens is 388 g/mol. The molecule has 0 spiro atoms. The van der Waals surface area contributed by atoms with Crippen molar-refractivity contribution in [2.45, 2.75) is 19.4 Å². The number of anilines is 1. The summed E-state index contributed by atoms with van der Waals surface area (Å²) >= 11 is 0. The Kier molecular flexibility index (Phi) is 5.16. The summed E-state index contributed by atoms with van der Waals surface area (Å²) in [4.78, 5) is 36.8. The molecule has 6 nitrogen and oxygen atoms in total. The van der Waals surface area contributed by atoms with Crippen LogP contribution in [0.2, 0.25) is 0 Å². The number of para-hydroxylation sites is 2. The molecule has 2 fully saturated rings. The molecule has 3 heterocycles. The Hall–Kier alpha value is -3.25. The van der Waals surface area contributed by atoms with Gasteiger partial charge in [0.1, 0.15) is 0 Å². The van der Waals surface area contributed by atoms with Crippen LogP contribution in [0, 0.1) is 6.92 Å². The van der Waals surface area contributed by atoms with Crippen molar-refractivity contribution in [3.05, 3.63) is 71.9 Å². The van der Waals surface area contributed by atoms with E-state index in [4.69, 9.17) is 0 Å². The zero-order chi connectivity index (χ0) is 21.4. The monoisotopic (exact) mass is 414 g/mol. The van der Waals surface area contributed by atoms with Gasteiger partial charge in [0.25, 0.3) is 5.91 Å². The first-order valence-electron chi connectivity index (χ1n) is 10.9. The molecule has 2 saturated heterocycles. The zero-order valence-electron chi connectivity index (χ0n) is 17.7. The summed E-state index contributed by atoms with van der Waals surface area (Å²) in [6.45, 7) is 5.32. The first kappa shape index (κ1) is 19.7. The Bertz CT molecular complexity index is 1120. The number of pyridine rings is 1. The molecule has 1 unspecified atom stereocenters. The number of carbonyl (C=O) groups excluding carboxylic acids is 2. The molecule has 0 aliphatic carbocycles. The molecule has 31 heavy (non-hydrogen) atoms. The number of rotatable bonds is 3. The van der Waals surface area contributed by atoms with E-state index in [0.29, 0.717) is 31.7 Å². The first-order valence-corrected chi connectivity index (χ1v) is 10.9. The van der Waals surface area contributed by atoms with Crippen molar-refractivity contribution in [2.75, 3.05) is 37.6 Å². The van der Waals surface area contributed by atoms with Gasteiger partial charge < -0.3 is 9.80 Å². The summed E-state index contributed by atoms with van der Waals surface area (Å²) in [6, 6.07) is 19.6. The van der Waals surface area contributed by atoms with Crippen molar-refractivity contribution in [3.8, 4) is 0 Å². The molecule has 2 amide bonds. The van der Waals surface area contributed by atoms with Crippen LogP contribution in [0.4, 0.5) is 5.69 Å². The van der Waals surface area contributed by atoms with Gasteiger partial charge in [-0.05, 0) is 37.6 Å². The number of amides is 2. The molecule has 3 aromatic rings. The van der Waals surface area contributed by atoms with Gasteiger partial charge in [-0.2, -0.15) is 0 Å². The summed E-state index contributed by atoms with van der Waals surface area (Å²) < 4.78 is 0. The number of aryl methyl sites for hydroxylation is 1. The maximum atomic E-state index is 13.2. The lowest BCUT2D eigenvalue weighted by Crippen LogP contribution is -2.54. The Morgan fingerprint density at radius 1 is 0.935 bits per heavy atom. The first-order chi connectivity index (χ1) is 15.1. The number of fused-ring (bicyclic) bond motifs is 1. The van der Waals surface area contributed by atoms with Crippen LogP contribution in [0.5, 0.6) is 0 Å². The highest BCUT2D eigenvalue weighted by Gasteiger charge is 2.38. The predicted molar refractivity (Wildman–Crippen MR) is 121 cm³/mol. The third kappa shape index (κ3) is 3.68. The lowest BCUT2D eigenvalue weighted by atomic mass is 10.1. The molecule has 0 saturated carbocycles. The summed E-state index contributed by atoms with van der Waals surface area (Å²) in [5.41, 5.74) is 3.29. The van der Waals surface area contributed by atoms with Crippen molar-refractivity contribution in [3.63, 3.8) is 0 Å². The summed E-state index contributed by atoms with van der Waals surface area (Å²) in [5.74, 6) is 0.194. The molecule has 6 heteroatoms. The van der Waals surface area contributed by atoms with E-state index >= 15 is 0 Å². The predicted octanol–water partition coefficient (Wildman–Crippen LogP) is 3.11. The van der Waals surface area contributed by atoms with Crippen LogP contribution in [-0.2, 0) is 4.79 Å². The molecule has 2 aliphatic rings. The maximum absolute atomic E-state index is 13.2. The zero-order valence-corrected chi connectivity index (χ0v) is 17.7. The Balaban J connectivity index is 1.25. The van der Waals surface area contributed by atoms with E-state index < -0.39 is 0 Å². The van der Waals surface area contributed by atoms with Crippen molar-refractivity contribution >= 4 is 28.4 Å². The van der Waals surface area contributed by atoms with Gasteiger partial charge in [0.05, 0.1) is 22.8 Å². The molecule has 0 radical (unpaired) electrons. The number of hydrogen-bond donors (Lipinski definition) is 0. The van der Waals surface area contributed by atoms with E-state index in [1.54, 1.807) is 0 Å². The number of aromatic nitrogens is 1. The van der Waals surface area contributed by atoms with Crippen molar-refractivity contribution in [1.29, 1.82) is 0 Å². The molecule has 2 aromatic carbocycles. The van der Waals surface area contributed by atoms with Gasteiger partial charge in [0.15, 0.2) is 0 Å². The third-order valence-corrected chi connectivity index (χ3v) is 6.43. The van der Waals surface area contributed by atoms with Crippen LogP contribution in [0.15, 0.2) is 60.7 Å². The molecular formula is C25H26N4O2. The minimum Gasteiger partial charge on any atom is -0.336 e. The smallest absolute Gasteiger partial charge is 0.255 e. The second-order valence-electron chi connectivity index (χ2n) is 8.27. The number of hydrogen-bond acceptors (Lipinski definition) is 4. The van der Waals surface area contributed by atoms with Crippen LogP contribution in [-0.4, -0.2) is 65.4 Å². The summed E-state index contributed by atoms with van der Waals surface area (Å²) in [6.07, 6.45) is 0.829. The molecule has 1 atom stereocenters. The molecule has 158 valence electrons. The average Bonchev–Trinajstić information content (AvgIpc) is 3.20. The number of nitrogens with zero attached hydrogens (tertiary/aromatic N) is 4. The van der Waals surface area contributed by atoms with E-state index in [0.717, 1.165) is 35.2 Å². The Morgan fingerprint density at radius 3 is 2.42 bits per heavy atom. The van der Waals surface area contributed by atoms with Crippen LogP contribution >= 0.6 is 0 Å². The largest absolute Gasteiger partial charge is 0.336 e. The van der Waals surface area contributed by atoms with E-state index in [2.05, 4.69) is 9.88 Å². The minimum absolute atomic E-state index is 0.0269. The van der Waals surface area contributed by atoms with Gasteiger partial charge in [-0.25, -0.2) is 0 Å². The highest BCUT2D eigenvalue weighted by molar-refractivity contribution is 6.00. The second kappa shape index (κ2) is 8.12. The van der Waals surface area contributed by atoms with Crippen molar-refractivity contribution in [1.82, 2.24) is 14.8 Å². The SMILES string of the molecule is Cc1nc2ccccc2cc1C(=O)N1CCN(C2CCN(c3ccccc3)C2=O)CC1. The van der Waals surface area contributed by atoms with E-state index in [9.17, 15) is 9.59 Å². The van der Waals surface area contributed by atoms with Crippen LogP contribution < -0.4 is 4.90 Å². The third-order valence-electron chi connectivity index (χ3n) is 6.43. The van der Waals surface area contributed by atoms with Crippen LogP contribution in [0.1, 0.15) is 22.5 Å². The average molecular weight is 415 g/mol. The minimum atomic E-state index is -0.0958. The van der Waals surface area contributed by atoms with Crippen LogP contribution in [0.3, 0.4) is 0 Å². The standard InChI is InChI=1S/C25H26N4O2/c1-18-21(17-19-7-5-6-10-22(19)26-18)24(30)28-15-13-27(14-16-28)23-11-12-29(25(23)31)20-8-3-2-4-9-20/h2-10,17,23H,11-16H2,1H3. The maximum Gasteiger partial charge on any atom is 0.255 e. The van der Waals surface area contributed by atoms with Gasteiger partial charge >= 0.3 is 0 Å². The second-order valence-corrected chi connectivity index (χ2v) is 8.27. The van der Waals surface area contributed by atoms with Gasteiger partial charge in [-0.3, -0.25) is 19.5 Å². The Morgan fingerprint density at radius 2 is 1.65 bits per heavy atom. The molecule has 1 aromatic heterocycles. The highest BCUT2D eigenvalue weighted by Crippen LogP contribution is 2.25. The summed E-state index contributed by atoms with van der Waals surface area (Å²) in [5, 5.41) is 0.979. The van der Waals surface area contributed by atoms with E-state index in [1.165, 1.54) is 0 Å². The number of benzene rings is 2. The fraction of sp³-hybridized carbons (Fsp3) is 0.320. The topological polar surface area (TPSA) is 56.8 Å². The van der Waals surface area contributed by atoms with Gasteiger partial charge in [0.2, 0.25) is 5.91 Å². The normalized spacial score (nSPS) is 19.9. The van der Waals surface area contributed by atoms with Crippen molar-refractivity contribution in [2.24, 2.45) is 0 Å². The lowest BCUT2D eigenvalue weighted by molar-refractivity contribution is -0.122. The number of piperazine rings is 1. The lowest BCUT2D eigenvalue weighted by Gasteiger charge is -2.37. The van der Waals surface area contributed by atoms with E-state index in [-0.39, 0.29) is 17.9 Å².